The third kappa shape index (κ3) is 3.31. The van der Waals surface area contributed by atoms with Gasteiger partial charge in [-0.15, -0.1) is 0 Å². The first kappa shape index (κ1) is 13.8. The van der Waals surface area contributed by atoms with E-state index >= 15 is 0 Å². The molecule has 0 radical (unpaired) electrons. The van der Waals surface area contributed by atoms with Gasteiger partial charge in [0.05, 0.1) is 12.7 Å². The summed E-state index contributed by atoms with van der Waals surface area (Å²) in [4.78, 5) is 10.4. The van der Waals surface area contributed by atoms with Gasteiger partial charge in [-0.3, -0.25) is 4.98 Å². The van der Waals surface area contributed by atoms with Gasteiger partial charge < -0.3 is 14.7 Å². The van der Waals surface area contributed by atoms with Gasteiger partial charge in [-0.25, -0.2) is 4.98 Å². The summed E-state index contributed by atoms with van der Waals surface area (Å²) in [7, 11) is 0. The van der Waals surface area contributed by atoms with Gasteiger partial charge in [0.2, 0.25) is 0 Å². The summed E-state index contributed by atoms with van der Waals surface area (Å²) in [5.41, 5.74) is 0.346. The van der Waals surface area contributed by atoms with Crippen molar-refractivity contribution in [1.29, 1.82) is 0 Å². The first-order valence-electron chi connectivity index (χ1n) is 7.07. The molecule has 1 saturated heterocycles. The third-order valence-corrected chi connectivity index (χ3v) is 3.73. The number of hydrogen-bond donors (Lipinski definition) is 1. The Labute approximate surface area is 124 Å². The average Bonchev–Trinajstić information content (AvgIpc) is 2.91. The molecule has 0 amide bonds. The maximum Gasteiger partial charge on any atom is 0.147 e. The van der Waals surface area contributed by atoms with Crippen LogP contribution in [0.5, 0.6) is 5.75 Å². The second-order valence-corrected chi connectivity index (χ2v) is 5.56. The van der Waals surface area contributed by atoms with E-state index in [0.717, 1.165) is 18.1 Å². The predicted molar refractivity (Wildman–Crippen MR) is 80.5 cm³/mol. The van der Waals surface area contributed by atoms with Crippen molar-refractivity contribution >= 4 is 5.82 Å². The van der Waals surface area contributed by atoms with E-state index in [9.17, 15) is 5.11 Å². The molecule has 21 heavy (non-hydrogen) atoms. The van der Waals surface area contributed by atoms with Gasteiger partial charge >= 0.3 is 0 Å². The van der Waals surface area contributed by atoms with E-state index in [0.29, 0.717) is 13.0 Å². The van der Waals surface area contributed by atoms with Crippen molar-refractivity contribution in [3.63, 3.8) is 0 Å². The maximum atomic E-state index is 10.6. The molecule has 1 atom stereocenters. The molecular weight excluding hydrogens is 266 g/mol. The summed E-state index contributed by atoms with van der Waals surface area (Å²) < 4.78 is 5.72. The Bertz CT molecular complexity index is 588. The van der Waals surface area contributed by atoms with Gasteiger partial charge in [0, 0.05) is 18.9 Å². The molecule has 2 heterocycles. The molecule has 5 nitrogen and oxygen atoms in total. The summed E-state index contributed by atoms with van der Waals surface area (Å²) >= 11 is 0. The summed E-state index contributed by atoms with van der Waals surface area (Å²) in [6.45, 7) is 3.59. The minimum Gasteiger partial charge on any atom is -0.491 e. The lowest BCUT2D eigenvalue weighted by Gasteiger charge is -2.23. The van der Waals surface area contributed by atoms with E-state index in [1.54, 1.807) is 18.6 Å². The van der Waals surface area contributed by atoms with Crippen LogP contribution in [0, 0.1) is 6.92 Å². The standard InChI is InChI=1S/C16H19N3O2/c1-13-2-4-14(5-3-13)21-12-16(20)6-9-19(11-16)15-10-17-7-8-18-15/h2-5,7-8,10,20H,6,9,11-12H2,1H3/t16-/m1/s1. The van der Waals surface area contributed by atoms with Crippen LogP contribution in [0.1, 0.15) is 12.0 Å². The van der Waals surface area contributed by atoms with Crippen LogP contribution in [-0.2, 0) is 0 Å². The molecule has 0 spiro atoms. The summed E-state index contributed by atoms with van der Waals surface area (Å²) in [5, 5.41) is 10.6. The largest absolute Gasteiger partial charge is 0.491 e. The molecule has 1 aromatic carbocycles. The van der Waals surface area contributed by atoms with Gasteiger partial charge in [0.25, 0.3) is 0 Å². The highest BCUT2D eigenvalue weighted by molar-refractivity contribution is 5.38. The topological polar surface area (TPSA) is 58.5 Å². The number of hydrogen-bond acceptors (Lipinski definition) is 5. The van der Waals surface area contributed by atoms with Crippen molar-refractivity contribution < 1.29 is 9.84 Å². The summed E-state index contributed by atoms with van der Waals surface area (Å²) in [6.07, 6.45) is 5.68. The number of aryl methyl sites for hydroxylation is 1. The number of aromatic nitrogens is 2. The van der Waals surface area contributed by atoms with Crippen molar-refractivity contribution in [2.24, 2.45) is 0 Å². The highest BCUT2D eigenvalue weighted by Crippen LogP contribution is 2.26. The lowest BCUT2D eigenvalue weighted by Crippen LogP contribution is -2.39. The smallest absolute Gasteiger partial charge is 0.147 e. The summed E-state index contributed by atoms with van der Waals surface area (Å²) in [6, 6.07) is 7.85. The zero-order valence-electron chi connectivity index (χ0n) is 12.1. The molecule has 3 rings (SSSR count). The molecule has 0 aliphatic carbocycles. The quantitative estimate of drug-likeness (QED) is 0.928. The van der Waals surface area contributed by atoms with E-state index in [-0.39, 0.29) is 6.61 Å². The molecule has 1 aromatic heterocycles. The molecule has 1 aliphatic heterocycles. The lowest BCUT2D eigenvalue weighted by molar-refractivity contribution is 0.0144. The Hall–Kier alpha value is -2.14. The second-order valence-electron chi connectivity index (χ2n) is 5.56. The van der Waals surface area contributed by atoms with Gasteiger partial charge in [-0.2, -0.15) is 0 Å². The number of β-amino-alcohol motifs (C(OH)–C–C–N with tert-alkyl or cyclic N) is 1. The second kappa shape index (κ2) is 5.69. The van der Waals surface area contributed by atoms with Gasteiger partial charge in [-0.1, -0.05) is 17.7 Å². The molecular formula is C16H19N3O2. The van der Waals surface area contributed by atoms with Crippen LogP contribution in [0.25, 0.3) is 0 Å². The van der Waals surface area contributed by atoms with Crippen molar-refractivity contribution in [2.45, 2.75) is 18.9 Å². The fourth-order valence-electron chi connectivity index (χ4n) is 2.48. The van der Waals surface area contributed by atoms with E-state index in [1.165, 1.54) is 5.56 Å². The number of ether oxygens (including phenoxy) is 1. The minimum atomic E-state index is -0.845. The van der Waals surface area contributed by atoms with Gasteiger partial charge in [0.15, 0.2) is 0 Å². The fraction of sp³-hybridized carbons (Fsp3) is 0.375. The molecule has 1 aliphatic rings. The van der Waals surface area contributed by atoms with Crippen molar-refractivity contribution in [2.75, 3.05) is 24.6 Å². The van der Waals surface area contributed by atoms with E-state index in [2.05, 4.69) is 9.97 Å². The average molecular weight is 285 g/mol. The highest BCUT2D eigenvalue weighted by Gasteiger charge is 2.37. The Morgan fingerprint density at radius 2 is 2.10 bits per heavy atom. The predicted octanol–water partition coefficient (Wildman–Crippen LogP) is 1.81. The van der Waals surface area contributed by atoms with Crippen LogP contribution >= 0.6 is 0 Å². The van der Waals surface area contributed by atoms with Crippen LogP contribution in [0.4, 0.5) is 5.82 Å². The molecule has 0 unspecified atom stereocenters. The van der Waals surface area contributed by atoms with Gasteiger partial charge in [0.1, 0.15) is 23.8 Å². The van der Waals surface area contributed by atoms with Crippen LogP contribution in [-0.4, -0.2) is 40.4 Å². The Morgan fingerprint density at radius 3 is 2.81 bits per heavy atom. The van der Waals surface area contributed by atoms with Gasteiger partial charge in [-0.05, 0) is 25.5 Å². The number of aliphatic hydroxyl groups is 1. The lowest BCUT2D eigenvalue weighted by atomic mass is 10.1. The van der Waals surface area contributed by atoms with E-state index < -0.39 is 5.60 Å². The number of nitrogens with zero attached hydrogens (tertiary/aromatic N) is 3. The molecule has 5 heteroatoms. The summed E-state index contributed by atoms with van der Waals surface area (Å²) in [5.74, 6) is 1.58. The number of benzene rings is 1. The Kier molecular flexibility index (Phi) is 3.75. The first-order chi connectivity index (χ1) is 10.1. The number of rotatable bonds is 4. The normalized spacial score (nSPS) is 21.5. The number of anilines is 1. The highest BCUT2D eigenvalue weighted by atomic mass is 16.5. The fourth-order valence-corrected chi connectivity index (χ4v) is 2.48. The SMILES string of the molecule is Cc1ccc(OC[C@@]2(O)CCN(c3cnccn3)C2)cc1. The van der Waals surface area contributed by atoms with Crippen molar-refractivity contribution in [3.05, 3.63) is 48.4 Å². The monoisotopic (exact) mass is 285 g/mol. The van der Waals surface area contributed by atoms with Crippen LogP contribution in [0.2, 0.25) is 0 Å². The molecule has 0 bridgehead atoms. The molecule has 2 aromatic rings. The third-order valence-electron chi connectivity index (χ3n) is 3.73. The molecule has 0 saturated carbocycles. The van der Waals surface area contributed by atoms with E-state index in [1.807, 2.05) is 36.1 Å². The minimum absolute atomic E-state index is 0.285. The maximum absolute atomic E-state index is 10.6. The molecule has 1 N–H and O–H groups in total. The van der Waals surface area contributed by atoms with Crippen LogP contribution in [0.3, 0.4) is 0 Å². The van der Waals surface area contributed by atoms with Crippen molar-refractivity contribution in [1.82, 2.24) is 9.97 Å². The Balaban J connectivity index is 1.60. The zero-order valence-corrected chi connectivity index (χ0v) is 12.1. The van der Waals surface area contributed by atoms with E-state index in [4.69, 9.17) is 4.74 Å². The zero-order chi connectivity index (χ0) is 14.7. The molecule has 110 valence electrons. The molecule has 1 fully saturated rings. The van der Waals surface area contributed by atoms with Crippen LogP contribution < -0.4 is 9.64 Å². The first-order valence-corrected chi connectivity index (χ1v) is 7.07. The van der Waals surface area contributed by atoms with Crippen LogP contribution in [0.15, 0.2) is 42.9 Å². The Morgan fingerprint density at radius 1 is 1.29 bits per heavy atom. The van der Waals surface area contributed by atoms with Crippen molar-refractivity contribution in [3.8, 4) is 5.75 Å².